The first-order chi connectivity index (χ1) is 12.5. The van der Waals surface area contributed by atoms with Gasteiger partial charge in [-0.2, -0.15) is 0 Å². The molecule has 2 heterocycles. The third-order valence-electron chi connectivity index (χ3n) is 6.30. The van der Waals surface area contributed by atoms with Gasteiger partial charge in [0.25, 0.3) is 0 Å². The van der Waals surface area contributed by atoms with Gasteiger partial charge in [0.1, 0.15) is 0 Å². The molecule has 1 aromatic rings. The Kier molecular flexibility index (Phi) is 4.93. The number of amides is 2. The van der Waals surface area contributed by atoms with Crippen molar-refractivity contribution < 1.29 is 14.5 Å². The topological polar surface area (TPSA) is 45.1 Å². The molecule has 4 rings (SSSR count). The molecule has 26 heavy (non-hydrogen) atoms. The molecule has 1 N–H and O–H groups in total. The van der Waals surface area contributed by atoms with Crippen LogP contribution in [0, 0.1) is 18.8 Å². The third kappa shape index (κ3) is 3.23. The molecular weight excluding hydrogens is 350 g/mol. The van der Waals surface area contributed by atoms with Crippen molar-refractivity contribution in [3.63, 3.8) is 0 Å². The van der Waals surface area contributed by atoms with Gasteiger partial charge in [-0.25, -0.2) is 4.90 Å². The molecular formula is C20H27ClN3O2+. The molecule has 2 atom stereocenters. The van der Waals surface area contributed by atoms with Gasteiger partial charge in [-0.1, -0.05) is 30.5 Å². The second-order valence-corrected chi connectivity index (χ2v) is 8.36. The summed E-state index contributed by atoms with van der Waals surface area (Å²) >= 11 is 6.16. The summed E-state index contributed by atoms with van der Waals surface area (Å²) in [5.41, 5.74) is 2.42. The maximum absolute atomic E-state index is 12.7. The van der Waals surface area contributed by atoms with Crippen molar-refractivity contribution in [3.05, 3.63) is 28.8 Å². The van der Waals surface area contributed by atoms with Crippen molar-refractivity contribution in [1.82, 2.24) is 4.90 Å². The first kappa shape index (κ1) is 17.8. The lowest BCUT2D eigenvalue weighted by Gasteiger charge is -2.35. The summed E-state index contributed by atoms with van der Waals surface area (Å²) in [4.78, 5) is 30.6. The Bertz CT molecular complexity index is 691. The zero-order valence-corrected chi connectivity index (χ0v) is 16.1. The smallest absolute Gasteiger partial charge is 0.237 e. The monoisotopic (exact) mass is 376 g/mol. The highest BCUT2D eigenvalue weighted by molar-refractivity contribution is 6.30. The molecule has 1 saturated carbocycles. The standard InChI is InChI=1S/C20H26ClN3O2/c1-14-6-7-15(21)12-18(14)23-10-8-22(9-11-23)13-24-19(25)16-4-2-3-5-17(16)20(24)26/h6-7,12,16-17H,2-5,8-11,13H2,1H3/p+1/t16-,17-/m0/s1. The van der Waals surface area contributed by atoms with Crippen LogP contribution in [0.5, 0.6) is 0 Å². The van der Waals surface area contributed by atoms with Crippen LogP contribution in [0.1, 0.15) is 31.2 Å². The zero-order valence-electron chi connectivity index (χ0n) is 15.3. The SMILES string of the molecule is Cc1ccc(Cl)cc1N1CC[NH+](CN2C(=O)[C@H]3CCCC[C@@H]3C2=O)CC1. The number of carbonyl (C=O) groups excluding carboxylic acids is 2. The lowest BCUT2D eigenvalue weighted by molar-refractivity contribution is -0.908. The second kappa shape index (κ2) is 7.20. The van der Waals surface area contributed by atoms with Gasteiger partial charge in [-0.15, -0.1) is 0 Å². The molecule has 2 saturated heterocycles. The lowest BCUT2D eigenvalue weighted by atomic mass is 9.81. The second-order valence-electron chi connectivity index (χ2n) is 7.93. The number of hydrogen-bond acceptors (Lipinski definition) is 3. The average molecular weight is 377 g/mol. The Labute approximate surface area is 159 Å². The molecule has 0 aromatic heterocycles. The summed E-state index contributed by atoms with van der Waals surface area (Å²) in [5.74, 6) is 0.0951. The van der Waals surface area contributed by atoms with E-state index in [0.717, 1.165) is 56.9 Å². The van der Waals surface area contributed by atoms with E-state index in [-0.39, 0.29) is 23.7 Å². The largest absolute Gasteiger partial charge is 0.360 e. The van der Waals surface area contributed by atoms with E-state index < -0.39 is 0 Å². The summed E-state index contributed by atoms with van der Waals surface area (Å²) in [6.45, 7) is 6.33. The van der Waals surface area contributed by atoms with Gasteiger partial charge in [0, 0.05) is 10.7 Å². The van der Waals surface area contributed by atoms with Gasteiger partial charge >= 0.3 is 0 Å². The normalized spacial score (nSPS) is 27.2. The van der Waals surface area contributed by atoms with Crippen molar-refractivity contribution in [2.75, 3.05) is 37.7 Å². The fourth-order valence-electron chi connectivity index (χ4n) is 4.76. The van der Waals surface area contributed by atoms with Crippen LogP contribution in [-0.4, -0.2) is 49.6 Å². The van der Waals surface area contributed by atoms with Crippen molar-refractivity contribution in [1.29, 1.82) is 0 Å². The number of aryl methyl sites for hydroxylation is 1. The minimum Gasteiger partial charge on any atom is -0.360 e. The van der Waals surface area contributed by atoms with Crippen molar-refractivity contribution in [2.24, 2.45) is 11.8 Å². The van der Waals surface area contributed by atoms with Crippen molar-refractivity contribution in [3.8, 4) is 0 Å². The molecule has 3 fully saturated rings. The number of benzene rings is 1. The fourth-order valence-corrected chi connectivity index (χ4v) is 4.92. The molecule has 5 nitrogen and oxygen atoms in total. The molecule has 1 aromatic carbocycles. The van der Waals surface area contributed by atoms with Gasteiger partial charge < -0.3 is 9.80 Å². The number of quaternary nitrogens is 1. The van der Waals surface area contributed by atoms with Gasteiger partial charge in [0.2, 0.25) is 11.8 Å². The van der Waals surface area contributed by atoms with Gasteiger partial charge in [0.15, 0.2) is 6.67 Å². The van der Waals surface area contributed by atoms with E-state index in [9.17, 15) is 9.59 Å². The van der Waals surface area contributed by atoms with Crippen LogP contribution in [0.15, 0.2) is 18.2 Å². The van der Waals surface area contributed by atoms with Crippen LogP contribution in [0.3, 0.4) is 0 Å². The lowest BCUT2D eigenvalue weighted by Crippen LogP contribution is -3.16. The Hall–Kier alpha value is -1.59. The van der Waals surface area contributed by atoms with E-state index in [1.165, 1.54) is 16.2 Å². The number of hydrogen-bond donors (Lipinski definition) is 1. The summed E-state index contributed by atoms with van der Waals surface area (Å²) in [7, 11) is 0. The number of imide groups is 1. The number of likely N-dealkylation sites (tertiary alicyclic amines) is 1. The number of nitrogens with zero attached hydrogens (tertiary/aromatic N) is 2. The molecule has 0 spiro atoms. The third-order valence-corrected chi connectivity index (χ3v) is 6.53. The molecule has 3 aliphatic rings. The predicted molar refractivity (Wildman–Crippen MR) is 101 cm³/mol. The number of anilines is 1. The molecule has 6 heteroatoms. The van der Waals surface area contributed by atoms with E-state index >= 15 is 0 Å². The van der Waals surface area contributed by atoms with Crippen LogP contribution in [-0.2, 0) is 9.59 Å². The Morgan fingerprint density at radius 3 is 2.31 bits per heavy atom. The Balaban J connectivity index is 1.37. The molecule has 0 bridgehead atoms. The van der Waals surface area contributed by atoms with E-state index in [1.54, 1.807) is 4.90 Å². The van der Waals surface area contributed by atoms with Crippen LogP contribution in [0.25, 0.3) is 0 Å². The summed E-state index contributed by atoms with van der Waals surface area (Å²) < 4.78 is 0. The van der Waals surface area contributed by atoms with Crippen LogP contribution in [0.4, 0.5) is 5.69 Å². The van der Waals surface area contributed by atoms with Crippen molar-refractivity contribution in [2.45, 2.75) is 32.6 Å². The summed E-state index contributed by atoms with van der Waals surface area (Å²) in [5, 5.41) is 0.760. The molecule has 2 amide bonds. The first-order valence-electron chi connectivity index (χ1n) is 9.74. The fraction of sp³-hybridized carbons (Fsp3) is 0.600. The van der Waals surface area contributed by atoms with E-state index in [0.29, 0.717) is 6.67 Å². The van der Waals surface area contributed by atoms with E-state index in [1.807, 2.05) is 12.1 Å². The maximum atomic E-state index is 12.7. The highest BCUT2D eigenvalue weighted by atomic mass is 35.5. The van der Waals surface area contributed by atoms with E-state index in [2.05, 4.69) is 17.9 Å². The number of carbonyl (C=O) groups is 2. The number of nitrogens with one attached hydrogen (secondary N) is 1. The van der Waals surface area contributed by atoms with Crippen molar-refractivity contribution >= 4 is 29.1 Å². The average Bonchev–Trinajstić information content (AvgIpc) is 2.90. The molecule has 0 radical (unpaired) electrons. The maximum Gasteiger partial charge on any atom is 0.237 e. The Morgan fingerprint density at radius 2 is 1.69 bits per heavy atom. The minimum absolute atomic E-state index is 0.0361. The number of halogens is 1. The minimum atomic E-state index is -0.0361. The van der Waals surface area contributed by atoms with Crippen LogP contribution < -0.4 is 9.80 Å². The zero-order chi connectivity index (χ0) is 18.3. The van der Waals surface area contributed by atoms with E-state index in [4.69, 9.17) is 11.6 Å². The summed E-state index contributed by atoms with van der Waals surface area (Å²) in [6.07, 6.45) is 3.95. The molecule has 140 valence electrons. The van der Waals surface area contributed by atoms with Crippen LogP contribution in [0.2, 0.25) is 5.02 Å². The van der Waals surface area contributed by atoms with Gasteiger partial charge in [0.05, 0.1) is 38.0 Å². The molecule has 1 aliphatic carbocycles. The highest BCUT2D eigenvalue weighted by Gasteiger charge is 2.49. The highest BCUT2D eigenvalue weighted by Crippen LogP contribution is 2.37. The number of piperazine rings is 1. The number of fused-ring (bicyclic) bond motifs is 1. The predicted octanol–water partition coefficient (Wildman–Crippen LogP) is 1.49. The summed E-state index contributed by atoms with van der Waals surface area (Å²) in [6, 6.07) is 6.01. The number of rotatable bonds is 3. The van der Waals surface area contributed by atoms with Gasteiger partial charge in [-0.3, -0.25) is 9.59 Å². The molecule has 2 aliphatic heterocycles. The van der Waals surface area contributed by atoms with Crippen LogP contribution >= 0.6 is 11.6 Å². The quantitative estimate of drug-likeness (QED) is 0.813. The first-order valence-corrected chi connectivity index (χ1v) is 10.1. The Morgan fingerprint density at radius 1 is 1.08 bits per heavy atom. The molecule has 0 unspecified atom stereocenters. The van der Waals surface area contributed by atoms with Gasteiger partial charge in [-0.05, 0) is 37.5 Å².